The highest BCUT2D eigenvalue weighted by atomic mass is 35.5. The minimum atomic E-state index is 0.0833. The smallest absolute Gasteiger partial charge is 0.255 e. The van der Waals surface area contributed by atoms with Crippen molar-refractivity contribution in [1.29, 1.82) is 0 Å². The van der Waals surface area contributed by atoms with Crippen molar-refractivity contribution < 1.29 is 9.53 Å². The van der Waals surface area contributed by atoms with Gasteiger partial charge < -0.3 is 9.64 Å². The molecule has 130 valence electrons. The fraction of sp³-hybridized carbons (Fsp3) is 0.400. The van der Waals surface area contributed by atoms with Gasteiger partial charge >= 0.3 is 0 Å². The van der Waals surface area contributed by atoms with Gasteiger partial charge in [0.25, 0.3) is 5.91 Å². The van der Waals surface area contributed by atoms with Crippen LogP contribution >= 0.6 is 11.6 Å². The van der Waals surface area contributed by atoms with Crippen molar-refractivity contribution in [2.75, 3.05) is 13.1 Å². The largest absolute Gasteiger partial charge is 0.490 e. The molecule has 2 aromatic rings. The van der Waals surface area contributed by atoms with Crippen molar-refractivity contribution in [3.05, 3.63) is 58.9 Å². The Hall–Kier alpha value is -2.07. The van der Waals surface area contributed by atoms with Crippen molar-refractivity contribution in [2.45, 2.75) is 37.7 Å². The molecule has 4 rings (SSSR count). The lowest BCUT2D eigenvalue weighted by Crippen LogP contribution is -2.41. The van der Waals surface area contributed by atoms with E-state index in [1.54, 1.807) is 6.20 Å². The van der Waals surface area contributed by atoms with Gasteiger partial charge in [0, 0.05) is 43.3 Å². The number of carbonyl (C=O) groups excluding carboxylic acids is 1. The summed E-state index contributed by atoms with van der Waals surface area (Å²) >= 11 is 5.90. The van der Waals surface area contributed by atoms with E-state index in [0.29, 0.717) is 29.6 Å². The zero-order chi connectivity index (χ0) is 17.2. The number of rotatable bonds is 4. The SMILES string of the molecule is O=C(c1cncc(C2CC2)c1)N1CCC(Oc2ccc(Cl)cc2)CC1. The lowest BCUT2D eigenvalue weighted by atomic mass is 10.1. The molecule has 2 heterocycles. The van der Waals surface area contributed by atoms with Crippen molar-refractivity contribution in [1.82, 2.24) is 9.88 Å². The molecule has 0 unspecified atom stereocenters. The maximum atomic E-state index is 12.7. The molecule has 2 fully saturated rings. The van der Waals surface area contributed by atoms with Crippen molar-refractivity contribution >= 4 is 17.5 Å². The zero-order valence-corrected chi connectivity index (χ0v) is 14.8. The molecule has 0 radical (unpaired) electrons. The fourth-order valence-electron chi connectivity index (χ4n) is 3.28. The summed E-state index contributed by atoms with van der Waals surface area (Å²) in [7, 11) is 0. The van der Waals surface area contributed by atoms with Crippen LogP contribution in [0.4, 0.5) is 0 Å². The summed E-state index contributed by atoms with van der Waals surface area (Å²) in [5.41, 5.74) is 1.91. The number of likely N-dealkylation sites (tertiary alicyclic amines) is 1. The number of ether oxygens (including phenoxy) is 1. The van der Waals surface area contributed by atoms with Crippen LogP contribution in [0.25, 0.3) is 0 Å². The first-order valence-electron chi connectivity index (χ1n) is 8.85. The van der Waals surface area contributed by atoms with Gasteiger partial charge in [0.05, 0.1) is 5.56 Å². The van der Waals surface area contributed by atoms with Crippen LogP contribution in [-0.4, -0.2) is 35.0 Å². The van der Waals surface area contributed by atoms with E-state index >= 15 is 0 Å². The predicted octanol–water partition coefficient (Wildman–Crippen LogP) is 4.30. The van der Waals surface area contributed by atoms with Crippen LogP contribution in [0.1, 0.15) is 47.5 Å². The molecule has 0 bridgehead atoms. The molecule has 1 saturated heterocycles. The van der Waals surface area contributed by atoms with Gasteiger partial charge in [-0.15, -0.1) is 0 Å². The summed E-state index contributed by atoms with van der Waals surface area (Å²) in [4.78, 5) is 18.9. The molecule has 1 aromatic heterocycles. The van der Waals surface area contributed by atoms with E-state index in [0.717, 1.165) is 18.6 Å². The molecule has 5 heteroatoms. The molecule has 0 N–H and O–H groups in total. The minimum Gasteiger partial charge on any atom is -0.490 e. The number of aromatic nitrogens is 1. The molecule has 25 heavy (non-hydrogen) atoms. The molecular formula is C20H21ClN2O2. The van der Waals surface area contributed by atoms with Gasteiger partial charge in [0.2, 0.25) is 0 Å². The van der Waals surface area contributed by atoms with Crippen LogP contribution < -0.4 is 4.74 Å². The first-order valence-corrected chi connectivity index (χ1v) is 9.23. The molecule has 4 nitrogen and oxygen atoms in total. The molecule has 1 aliphatic heterocycles. The van der Waals surface area contributed by atoms with E-state index in [4.69, 9.17) is 16.3 Å². The van der Waals surface area contributed by atoms with E-state index in [-0.39, 0.29) is 12.0 Å². The molecule has 0 atom stereocenters. The number of pyridine rings is 1. The molecule has 1 aliphatic carbocycles. The summed E-state index contributed by atoms with van der Waals surface area (Å²) in [5.74, 6) is 1.52. The average molecular weight is 357 g/mol. The number of piperidine rings is 1. The topological polar surface area (TPSA) is 42.4 Å². The third-order valence-electron chi connectivity index (χ3n) is 4.90. The number of amides is 1. The van der Waals surface area contributed by atoms with E-state index in [2.05, 4.69) is 4.98 Å². The number of carbonyl (C=O) groups is 1. The van der Waals surface area contributed by atoms with Crippen molar-refractivity contribution in [3.8, 4) is 5.75 Å². The minimum absolute atomic E-state index is 0.0833. The van der Waals surface area contributed by atoms with Crippen LogP contribution in [0.3, 0.4) is 0 Å². The van der Waals surface area contributed by atoms with Gasteiger partial charge in [-0.3, -0.25) is 9.78 Å². The van der Waals surface area contributed by atoms with Crippen LogP contribution in [-0.2, 0) is 0 Å². The fourth-order valence-corrected chi connectivity index (χ4v) is 3.41. The first-order chi connectivity index (χ1) is 12.2. The first kappa shape index (κ1) is 16.4. The van der Waals surface area contributed by atoms with Crippen molar-refractivity contribution in [3.63, 3.8) is 0 Å². The summed E-state index contributed by atoms with van der Waals surface area (Å²) in [6.07, 6.45) is 7.82. The Labute approximate surface area is 152 Å². The summed E-state index contributed by atoms with van der Waals surface area (Å²) < 4.78 is 5.99. The summed E-state index contributed by atoms with van der Waals surface area (Å²) in [5, 5.41) is 0.704. The maximum absolute atomic E-state index is 12.7. The Morgan fingerprint density at radius 2 is 1.80 bits per heavy atom. The molecule has 1 aromatic carbocycles. The molecule has 0 spiro atoms. The second-order valence-corrected chi connectivity index (χ2v) is 7.28. The van der Waals surface area contributed by atoms with Crippen LogP contribution in [0.5, 0.6) is 5.75 Å². The number of benzene rings is 1. The quantitative estimate of drug-likeness (QED) is 0.820. The predicted molar refractivity (Wildman–Crippen MR) is 97.2 cm³/mol. The zero-order valence-electron chi connectivity index (χ0n) is 14.0. The highest BCUT2D eigenvalue weighted by Gasteiger charge is 2.27. The lowest BCUT2D eigenvalue weighted by molar-refractivity contribution is 0.0595. The third-order valence-corrected chi connectivity index (χ3v) is 5.15. The van der Waals surface area contributed by atoms with Gasteiger partial charge in [-0.2, -0.15) is 0 Å². The average Bonchev–Trinajstić information content (AvgIpc) is 3.49. The molecule has 2 aliphatic rings. The van der Waals surface area contributed by atoms with E-state index < -0.39 is 0 Å². The van der Waals surface area contributed by atoms with Crippen LogP contribution in [0.2, 0.25) is 5.02 Å². The monoisotopic (exact) mass is 356 g/mol. The highest BCUT2D eigenvalue weighted by molar-refractivity contribution is 6.30. The van der Waals surface area contributed by atoms with Gasteiger partial charge in [0.1, 0.15) is 11.9 Å². The van der Waals surface area contributed by atoms with Gasteiger partial charge in [0.15, 0.2) is 0 Å². The number of hydrogen-bond donors (Lipinski definition) is 0. The van der Waals surface area contributed by atoms with E-state index in [1.807, 2.05) is 41.4 Å². The van der Waals surface area contributed by atoms with E-state index in [9.17, 15) is 4.79 Å². The molecule has 1 amide bonds. The molecular weight excluding hydrogens is 336 g/mol. The van der Waals surface area contributed by atoms with Crippen molar-refractivity contribution in [2.24, 2.45) is 0 Å². The normalized spacial score (nSPS) is 18.2. The molecule has 1 saturated carbocycles. The van der Waals surface area contributed by atoms with Gasteiger partial charge in [-0.1, -0.05) is 11.6 Å². The standard InChI is InChI=1S/C20H21ClN2O2/c21-17-3-5-18(6-4-17)25-19-7-9-23(10-8-19)20(24)16-11-15(12-22-13-16)14-1-2-14/h3-6,11-14,19H,1-2,7-10H2. The highest BCUT2D eigenvalue weighted by Crippen LogP contribution is 2.39. The number of halogens is 1. The Morgan fingerprint density at radius 3 is 2.48 bits per heavy atom. The Bertz CT molecular complexity index is 751. The number of hydrogen-bond acceptors (Lipinski definition) is 3. The number of nitrogens with zero attached hydrogens (tertiary/aromatic N) is 2. The van der Waals surface area contributed by atoms with Crippen LogP contribution in [0.15, 0.2) is 42.7 Å². The van der Waals surface area contributed by atoms with Gasteiger partial charge in [-0.25, -0.2) is 0 Å². The second-order valence-electron chi connectivity index (χ2n) is 6.84. The Kier molecular flexibility index (Phi) is 4.62. The Morgan fingerprint density at radius 1 is 1.08 bits per heavy atom. The summed E-state index contributed by atoms with van der Waals surface area (Å²) in [6, 6.07) is 9.44. The summed E-state index contributed by atoms with van der Waals surface area (Å²) in [6.45, 7) is 1.43. The third kappa shape index (κ3) is 3.96. The van der Waals surface area contributed by atoms with Crippen LogP contribution in [0, 0.1) is 0 Å². The second kappa shape index (κ2) is 7.04. The van der Waals surface area contributed by atoms with E-state index in [1.165, 1.54) is 18.4 Å². The lowest BCUT2D eigenvalue weighted by Gasteiger charge is -2.32. The maximum Gasteiger partial charge on any atom is 0.255 e. The van der Waals surface area contributed by atoms with Gasteiger partial charge in [-0.05, 0) is 54.7 Å². The Balaban J connectivity index is 1.34.